The van der Waals surface area contributed by atoms with Gasteiger partial charge in [-0.15, -0.1) is 0 Å². The predicted octanol–water partition coefficient (Wildman–Crippen LogP) is 0.0875. The number of aromatic nitrogens is 4. The SMILES string of the molecule is Cc1nc2cnc(N(C)C)nc2c(=O)[nH]1. The molecule has 0 aliphatic carbocycles. The summed E-state index contributed by atoms with van der Waals surface area (Å²) >= 11 is 0. The van der Waals surface area contributed by atoms with Gasteiger partial charge in [0.1, 0.15) is 11.3 Å². The summed E-state index contributed by atoms with van der Waals surface area (Å²) in [7, 11) is 3.63. The summed E-state index contributed by atoms with van der Waals surface area (Å²) in [6.07, 6.45) is 1.56. The molecule has 0 unspecified atom stereocenters. The van der Waals surface area contributed by atoms with Crippen LogP contribution in [0.3, 0.4) is 0 Å². The molecule has 0 aliphatic heterocycles. The zero-order chi connectivity index (χ0) is 11.0. The van der Waals surface area contributed by atoms with E-state index in [1.54, 1.807) is 18.0 Å². The summed E-state index contributed by atoms with van der Waals surface area (Å²) in [6.45, 7) is 1.72. The molecule has 2 aromatic rings. The molecule has 0 amide bonds. The number of nitrogens with one attached hydrogen (secondary N) is 1. The van der Waals surface area contributed by atoms with Crippen molar-refractivity contribution in [2.75, 3.05) is 19.0 Å². The van der Waals surface area contributed by atoms with Crippen LogP contribution in [0.1, 0.15) is 5.82 Å². The molecule has 2 heterocycles. The molecule has 6 nitrogen and oxygen atoms in total. The molecule has 15 heavy (non-hydrogen) atoms. The number of hydrogen-bond acceptors (Lipinski definition) is 5. The fourth-order valence-corrected chi connectivity index (χ4v) is 1.26. The van der Waals surface area contributed by atoms with Crippen LogP contribution in [0.25, 0.3) is 11.0 Å². The third kappa shape index (κ3) is 1.65. The van der Waals surface area contributed by atoms with E-state index < -0.39 is 0 Å². The molecule has 78 valence electrons. The number of anilines is 1. The Balaban J connectivity index is 2.77. The maximum atomic E-state index is 11.6. The van der Waals surface area contributed by atoms with E-state index in [1.165, 1.54) is 0 Å². The Bertz CT molecular complexity index is 560. The first kappa shape index (κ1) is 9.57. The lowest BCUT2D eigenvalue weighted by atomic mass is 10.4. The first-order valence-corrected chi connectivity index (χ1v) is 4.49. The average molecular weight is 205 g/mol. The lowest BCUT2D eigenvalue weighted by Crippen LogP contribution is -2.16. The van der Waals surface area contributed by atoms with Gasteiger partial charge in [-0.05, 0) is 6.92 Å². The maximum Gasteiger partial charge on any atom is 0.277 e. The van der Waals surface area contributed by atoms with Gasteiger partial charge in [0.05, 0.1) is 6.20 Å². The number of H-pyrrole nitrogens is 1. The number of fused-ring (bicyclic) bond motifs is 1. The molecular formula is C9H11N5O. The van der Waals surface area contributed by atoms with Crippen LogP contribution in [-0.2, 0) is 0 Å². The zero-order valence-corrected chi connectivity index (χ0v) is 8.77. The van der Waals surface area contributed by atoms with E-state index in [1.807, 2.05) is 14.1 Å². The van der Waals surface area contributed by atoms with Crippen LogP contribution in [0.15, 0.2) is 11.0 Å². The van der Waals surface area contributed by atoms with E-state index in [9.17, 15) is 4.79 Å². The Labute approximate surface area is 86.0 Å². The standard InChI is InChI=1S/C9H11N5O/c1-5-11-6-4-10-9(14(2)3)13-7(6)8(15)12-5/h4H,1-3H3,(H,11,12,15). The second-order valence-corrected chi connectivity index (χ2v) is 3.45. The summed E-state index contributed by atoms with van der Waals surface area (Å²) in [5.74, 6) is 1.06. The highest BCUT2D eigenvalue weighted by molar-refractivity contribution is 5.73. The maximum absolute atomic E-state index is 11.6. The Kier molecular flexibility index (Phi) is 2.11. The van der Waals surface area contributed by atoms with Gasteiger partial charge in [-0.1, -0.05) is 0 Å². The van der Waals surface area contributed by atoms with Crippen LogP contribution in [0.4, 0.5) is 5.95 Å². The van der Waals surface area contributed by atoms with Gasteiger partial charge in [0.2, 0.25) is 5.95 Å². The third-order valence-electron chi connectivity index (χ3n) is 1.95. The van der Waals surface area contributed by atoms with Crippen LogP contribution in [0.2, 0.25) is 0 Å². The summed E-state index contributed by atoms with van der Waals surface area (Å²) < 4.78 is 0. The van der Waals surface area contributed by atoms with E-state index in [2.05, 4.69) is 19.9 Å². The molecule has 0 aliphatic rings. The smallest absolute Gasteiger partial charge is 0.277 e. The molecule has 0 spiro atoms. The second-order valence-electron chi connectivity index (χ2n) is 3.45. The summed E-state index contributed by atoms with van der Waals surface area (Å²) in [5, 5.41) is 0. The number of aromatic amines is 1. The van der Waals surface area contributed by atoms with Crippen LogP contribution in [0.5, 0.6) is 0 Å². The molecule has 0 saturated carbocycles. The highest BCUT2D eigenvalue weighted by Crippen LogP contribution is 2.07. The molecule has 0 aromatic carbocycles. The van der Waals surface area contributed by atoms with E-state index in [0.717, 1.165) is 0 Å². The van der Waals surface area contributed by atoms with Crippen molar-refractivity contribution in [2.24, 2.45) is 0 Å². The topological polar surface area (TPSA) is 74.8 Å². The average Bonchev–Trinajstić information content (AvgIpc) is 2.16. The Morgan fingerprint density at radius 2 is 2.07 bits per heavy atom. The minimum atomic E-state index is -0.233. The minimum Gasteiger partial charge on any atom is -0.347 e. The van der Waals surface area contributed by atoms with Gasteiger partial charge in [0, 0.05) is 14.1 Å². The van der Waals surface area contributed by atoms with Gasteiger partial charge in [-0.3, -0.25) is 4.79 Å². The van der Waals surface area contributed by atoms with E-state index in [0.29, 0.717) is 22.8 Å². The fraction of sp³-hybridized carbons (Fsp3) is 0.333. The van der Waals surface area contributed by atoms with Crippen molar-refractivity contribution in [3.63, 3.8) is 0 Å². The zero-order valence-electron chi connectivity index (χ0n) is 8.77. The molecule has 0 saturated heterocycles. The van der Waals surface area contributed by atoms with Gasteiger partial charge in [-0.2, -0.15) is 0 Å². The Morgan fingerprint density at radius 1 is 1.33 bits per heavy atom. The van der Waals surface area contributed by atoms with E-state index >= 15 is 0 Å². The number of hydrogen-bond donors (Lipinski definition) is 1. The third-order valence-corrected chi connectivity index (χ3v) is 1.95. The monoisotopic (exact) mass is 205 g/mol. The van der Waals surface area contributed by atoms with Gasteiger partial charge in [0.15, 0.2) is 5.52 Å². The molecular weight excluding hydrogens is 194 g/mol. The number of aryl methyl sites for hydroxylation is 1. The molecule has 1 N–H and O–H groups in total. The number of nitrogens with zero attached hydrogens (tertiary/aromatic N) is 4. The second kappa shape index (κ2) is 3.30. The Hall–Kier alpha value is -1.98. The molecule has 2 aromatic heterocycles. The van der Waals surface area contributed by atoms with Gasteiger partial charge in [0.25, 0.3) is 5.56 Å². The molecule has 0 atom stereocenters. The molecule has 0 radical (unpaired) electrons. The summed E-state index contributed by atoms with van der Waals surface area (Å²) in [6, 6.07) is 0. The largest absolute Gasteiger partial charge is 0.347 e. The predicted molar refractivity (Wildman–Crippen MR) is 57.0 cm³/mol. The quantitative estimate of drug-likeness (QED) is 0.714. The van der Waals surface area contributed by atoms with Gasteiger partial charge < -0.3 is 9.88 Å². The van der Waals surface area contributed by atoms with Gasteiger partial charge in [-0.25, -0.2) is 15.0 Å². The van der Waals surface area contributed by atoms with Crippen LogP contribution in [0, 0.1) is 6.92 Å². The first-order valence-electron chi connectivity index (χ1n) is 4.49. The highest BCUT2D eigenvalue weighted by Gasteiger charge is 2.06. The van der Waals surface area contributed by atoms with Crippen molar-refractivity contribution in [3.8, 4) is 0 Å². The number of rotatable bonds is 1. The molecule has 6 heteroatoms. The lowest BCUT2D eigenvalue weighted by Gasteiger charge is -2.09. The van der Waals surface area contributed by atoms with Crippen molar-refractivity contribution in [1.29, 1.82) is 0 Å². The molecule has 0 bridgehead atoms. The van der Waals surface area contributed by atoms with Gasteiger partial charge >= 0.3 is 0 Å². The van der Waals surface area contributed by atoms with Crippen LogP contribution < -0.4 is 10.5 Å². The van der Waals surface area contributed by atoms with Crippen molar-refractivity contribution in [3.05, 3.63) is 22.4 Å². The molecule has 0 fully saturated rings. The van der Waals surface area contributed by atoms with Crippen molar-refractivity contribution in [2.45, 2.75) is 6.92 Å². The van der Waals surface area contributed by atoms with Crippen LogP contribution >= 0.6 is 0 Å². The highest BCUT2D eigenvalue weighted by atomic mass is 16.1. The summed E-state index contributed by atoms with van der Waals surface area (Å²) in [5.41, 5.74) is 0.601. The fourth-order valence-electron chi connectivity index (χ4n) is 1.26. The van der Waals surface area contributed by atoms with Crippen molar-refractivity contribution in [1.82, 2.24) is 19.9 Å². The van der Waals surface area contributed by atoms with Crippen LogP contribution in [-0.4, -0.2) is 34.0 Å². The first-order chi connectivity index (χ1) is 7.08. The lowest BCUT2D eigenvalue weighted by molar-refractivity contribution is 0.989. The minimum absolute atomic E-state index is 0.233. The Morgan fingerprint density at radius 3 is 2.73 bits per heavy atom. The molecule has 2 rings (SSSR count). The van der Waals surface area contributed by atoms with E-state index in [4.69, 9.17) is 0 Å². The van der Waals surface area contributed by atoms with Crippen molar-refractivity contribution >= 4 is 17.0 Å². The summed E-state index contributed by atoms with van der Waals surface area (Å²) in [4.78, 5) is 28.3. The normalized spacial score (nSPS) is 10.6. The van der Waals surface area contributed by atoms with E-state index in [-0.39, 0.29) is 5.56 Å². The van der Waals surface area contributed by atoms with Crippen molar-refractivity contribution < 1.29 is 0 Å².